The van der Waals surface area contributed by atoms with Gasteiger partial charge in [0.2, 0.25) is 0 Å². The lowest BCUT2D eigenvalue weighted by Crippen LogP contribution is -1.94. The minimum atomic E-state index is -0.0561. The topological polar surface area (TPSA) is 40.5 Å². The number of aromatic hydroxyl groups is 2. The van der Waals surface area contributed by atoms with E-state index in [-0.39, 0.29) is 11.5 Å². The maximum Gasteiger partial charge on any atom is 0.161 e. The average molecular weight is 290 g/mol. The first kappa shape index (κ1) is 14.2. The largest absolute Gasteiger partial charge is 0.504 e. The van der Waals surface area contributed by atoms with Crippen molar-refractivity contribution >= 4 is 0 Å². The van der Waals surface area contributed by atoms with E-state index in [1.54, 1.807) is 6.07 Å². The van der Waals surface area contributed by atoms with Gasteiger partial charge in [0.15, 0.2) is 11.5 Å². The predicted molar refractivity (Wildman–Crippen MR) is 88.3 cm³/mol. The molecule has 0 saturated carbocycles. The van der Waals surface area contributed by atoms with Crippen LogP contribution in [0.1, 0.15) is 22.3 Å². The van der Waals surface area contributed by atoms with Crippen molar-refractivity contribution < 1.29 is 10.2 Å². The third kappa shape index (κ3) is 3.29. The van der Waals surface area contributed by atoms with Gasteiger partial charge in [0.25, 0.3) is 0 Å². The fourth-order valence-corrected chi connectivity index (χ4v) is 2.63. The van der Waals surface area contributed by atoms with E-state index < -0.39 is 0 Å². The van der Waals surface area contributed by atoms with Crippen molar-refractivity contribution in [3.05, 3.63) is 95.1 Å². The summed E-state index contributed by atoms with van der Waals surface area (Å²) in [5.74, 6) is -0.0833. The van der Waals surface area contributed by atoms with Gasteiger partial charge < -0.3 is 10.2 Å². The summed E-state index contributed by atoms with van der Waals surface area (Å²) >= 11 is 0. The highest BCUT2D eigenvalue weighted by atomic mass is 16.3. The molecule has 2 nitrogen and oxygen atoms in total. The molecule has 0 aromatic heterocycles. The van der Waals surface area contributed by atoms with Crippen molar-refractivity contribution in [3.63, 3.8) is 0 Å². The van der Waals surface area contributed by atoms with Gasteiger partial charge in [-0.05, 0) is 29.2 Å². The standard InChI is InChI=1S/C20H18O2/c21-19-14-17(11-15-7-3-1-4-8-15)13-18(20(19)22)12-16-9-5-2-6-10-16/h1-10,13-14,21-22H,11-12H2. The zero-order valence-corrected chi connectivity index (χ0v) is 12.2. The van der Waals surface area contributed by atoms with Crippen LogP contribution in [0.5, 0.6) is 11.5 Å². The van der Waals surface area contributed by atoms with Gasteiger partial charge in [-0.15, -0.1) is 0 Å². The Labute approximate surface area is 130 Å². The summed E-state index contributed by atoms with van der Waals surface area (Å²) in [6, 6.07) is 23.6. The van der Waals surface area contributed by atoms with Crippen LogP contribution in [0, 0.1) is 0 Å². The maximum absolute atomic E-state index is 10.1. The second kappa shape index (κ2) is 6.35. The van der Waals surface area contributed by atoms with E-state index in [4.69, 9.17) is 0 Å². The Morgan fingerprint density at radius 2 is 1.14 bits per heavy atom. The van der Waals surface area contributed by atoms with Crippen molar-refractivity contribution in [2.45, 2.75) is 12.8 Å². The van der Waals surface area contributed by atoms with Crippen molar-refractivity contribution in [2.75, 3.05) is 0 Å². The third-order valence-corrected chi connectivity index (χ3v) is 3.72. The summed E-state index contributed by atoms with van der Waals surface area (Å²) in [7, 11) is 0. The molecule has 0 saturated heterocycles. The highest BCUT2D eigenvalue weighted by Crippen LogP contribution is 2.32. The molecule has 0 unspecified atom stereocenters. The Kier molecular flexibility index (Phi) is 4.10. The lowest BCUT2D eigenvalue weighted by atomic mass is 9.98. The number of phenols is 2. The number of hydrogen-bond acceptors (Lipinski definition) is 2. The fourth-order valence-electron chi connectivity index (χ4n) is 2.63. The first-order valence-electron chi connectivity index (χ1n) is 7.34. The maximum atomic E-state index is 10.1. The smallest absolute Gasteiger partial charge is 0.161 e. The van der Waals surface area contributed by atoms with Crippen LogP contribution in [-0.4, -0.2) is 10.2 Å². The van der Waals surface area contributed by atoms with E-state index in [1.807, 2.05) is 54.6 Å². The van der Waals surface area contributed by atoms with Gasteiger partial charge in [-0.25, -0.2) is 0 Å². The van der Waals surface area contributed by atoms with Gasteiger partial charge >= 0.3 is 0 Å². The molecule has 0 atom stereocenters. The number of phenolic OH excluding ortho intramolecular Hbond substituents is 2. The number of rotatable bonds is 4. The van der Waals surface area contributed by atoms with Crippen molar-refractivity contribution in [1.82, 2.24) is 0 Å². The van der Waals surface area contributed by atoms with E-state index >= 15 is 0 Å². The molecule has 0 spiro atoms. The van der Waals surface area contributed by atoms with Crippen LogP contribution in [0.2, 0.25) is 0 Å². The predicted octanol–water partition coefficient (Wildman–Crippen LogP) is 4.28. The van der Waals surface area contributed by atoms with Crippen LogP contribution in [0.4, 0.5) is 0 Å². The van der Waals surface area contributed by atoms with E-state index in [0.29, 0.717) is 6.42 Å². The highest BCUT2D eigenvalue weighted by molar-refractivity contribution is 5.50. The molecular weight excluding hydrogens is 272 g/mol. The second-order valence-electron chi connectivity index (χ2n) is 5.45. The zero-order chi connectivity index (χ0) is 15.4. The summed E-state index contributed by atoms with van der Waals surface area (Å²) in [5, 5.41) is 20.1. The second-order valence-corrected chi connectivity index (χ2v) is 5.45. The Morgan fingerprint density at radius 3 is 1.73 bits per heavy atom. The van der Waals surface area contributed by atoms with Crippen LogP contribution in [0.15, 0.2) is 72.8 Å². The minimum Gasteiger partial charge on any atom is -0.504 e. The van der Waals surface area contributed by atoms with Crippen molar-refractivity contribution in [1.29, 1.82) is 0 Å². The minimum absolute atomic E-state index is 0.0272. The zero-order valence-electron chi connectivity index (χ0n) is 12.2. The van der Waals surface area contributed by atoms with Crippen LogP contribution in [0.3, 0.4) is 0 Å². The highest BCUT2D eigenvalue weighted by Gasteiger charge is 2.10. The molecule has 0 aliphatic heterocycles. The molecule has 2 heteroatoms. The molecule has 22 heavy (non-hydrogen) atoms. The summed E-state index contributed by atoms with van der Waals surface area (Å²) < 4.78 is 0. The van der Waals surface area contributed by atoms with Crippen LogP contribution >= 0.6 is 0 Å². The first-order valence-corrected chi connectivity index (χ1v) is 7.34. The summed E-state index contributed by atoms with van der Waals surface area (Å²) in [6.07, 6.45) is 1.33. The molecule has 0 radical (unpaired) electrons. The van der Waals surface area contributed by atoms with E-state index in [0.717, 1.165) is 23.1 Å². The fraction of sp³-hybridized carbons (Fsp3) is 0.100. The molecular formula is C20H18O2. The van der Waals surface area contributed by atoms with Gasteiger partial charge in [-0.3, -0.25) is 0 Å². The molecule has 0 aliphatic carbocycles. The van der Waals surface area contributed by atoms with Crippen molar-refractivity contribution in [3.8, 4) is 11.5 Å². The lowest BCUT2D eigenvalue weighted by Gasteiger charge is -2.10. The van der Waals surface area contributed by atoms with Gasteiger partial charge in [0, 0.05) is 12.0 Å². The molecule has 3 aromatic rings. The quantitative estimate of drug-likeness (QED) is 0.704. The molecule has 0 aliphatic rings. The first-order chi connectivity index (χ1) is 10.7. The molecule has 0 heterocycles. The Hall–Kier alpha value is -2.74. The van der Waals surface area contributed by atoms with Crippen molar-refractivity contribution in [2.24, 2.45) is 0 Å². The van der Waals surface area contributed by atoms with Gasteiger partial charge in [-0.2, -0.15) is 0 Å². The van der Waals surface area contributed by atoms with Gasteiger partial charge in [0.1, 0.15) is 0 Å². The van der Waals surface area contributed by atoms with E-state index in [9.17, 15) is 10.2 Å². The number of benzene rings is 3. The summed E-state index contributed by atoms with van der Waals surface area (Å²) in [4.78, 5) is 0. The average Bonchev–Trinajstić information content (AvgIpc) is 2.54. The van der Waals surface area contributed by atoms with E-state index in [2.05, 4.69) is 12.1 Å². The molecule has 3 aromatic carbocycles. The SMILES string of the molecule is Oc1cc(Cc2ccccc2)cc(Cc2ccccc2)c1O. The Morgan fingerprint density at radius 1 is 0.591 bits per heavy atom. The van der Waals surface area contributed by atoms with Crippen LogP contribution in [0.25, 0.3) is 0 Å². The molecule has 0 fully saturated rings. The Bertz CT molecular complexity index is 749. The van der Waals surface area contributed by atoms with Gasteiger partial charge in [-0.1, -0.05) is 66.7 Å². The molecule has 0 amide bonds. The molecule has 0 bridgehead atoms. The van der Waals surface area contributed by atoms with E-state index in [1.165, 1.54) is 5.56 Å². The normalized spacial score (nSPS) is 10.5. The van der Waals surface area contributed by atoms with Gasteiger partial charge in [0.05, 0.1) is 0 Å². The molecule has 110 valence electrons. The van der Waals surface area contributed by atoms with Crippen LogP contribution < -0.4 is 0 Å². The monoisotopic (exact) mass is 290 g/mol. The Balaban J connectivity index is 1.90. The summed E-state index contributed by atoms with van der Waals surface area (Å²) in [5.41, 5.74) is 4.02. The molecule has 3 rings (SSSR count). The number of hydrogen-bond donors (Lipinski definition) is 2. The lowest BCUT2D eigenvalue weighted by molar-refractivity contribution is 0.399. The third-order valence-electron chi connectivity index (χ3n) is 3.72. The molecule has 2 N–H and O–H groups in total. The van der Waals surface area contributed by atoms with Crippen LogP contribution in [-0.2, 0) is 12.8 Å². The summed E-state index contributed by atoms with van der Waals surface area (Å²) in [6.45, 7) is 0.